The van der Waals surface area contributed by atoms with E-state index in [-0.39, 0.29) is 16.8 Å². The summed E-state index contributed by atoms with van der Waals surface area (Å²) in [7, 11) is 0. The Labute approximate surface area is 126 Å². The molecule has 1 heterocycles. The summed E-state index contributed by atoms with van der Waals surface area (Å²) in [6, 6.07) is 7.42. The maximum atomic E-state index is 10.6. The first kappa shape index (κ1) is 15.2. The quantitative estimate of drug-likeness (QED) is 0.669. The molecule has 0 fully saturated rings. The smallest absolute Gasteiger partial charge is 0.271 e. The van der Waals surface area contributed by atoms with Crippen molar-refractivity contribution in [2.75, 3.05) is 0 Å². The molecule has 2 aromatic rings. The molecule has 0 aliphatic heterocycles. The molecule has 1 aromatic heterocycles. The molecule has 0 amide bonds. The highest BCUT2D eigenvalue weighted by molar-refractivity contribution is 6.32. The first-order valence-corrected chi connectivity index (χ1v) is 6.72. The summed E-state index contributed by atoms with van der Waals surface area (Å²) in [5.41, 5.74) is 6.57. The number of nitro benzene ring substituents is 1. The number of rotatable bonds is 5. The SMILES string of the molecule is CC[C@@H](N)c1ccc(Oc2ccc([N+](=O)[O-])cc2Cl)cn1. The molecule has 21 heavy (non-hydrogen) atoms. The summed E-state index contributed by atoms with van der Waals surface area (Å²) in [5.74, 6) is 0.814. The van der Waals surface area contributed by atoms with Crippen LogP contribution < -0.4 is 10.5 Å². The van der Waals surface area contributed by atoms with Crippen molar-refractivity contribution in [1.82, 2.24) is 4.98 Å². The molecule has 110 valence electrons. The number of benzene rings is 1. The number of pyridine rings is 1. The number of non-ortho nitro benzene ring substituents is 1. The number of nitro groups is 1. The first-order chi connectivity index (χ1) is 10.0. The van der Waals surface area contributed by atoms with Crippen LogP contribution in [-0.4, -0.2) is 9.91 Å². The van der Waals surface area contributed by atoms with Crippen LogP contribution in [0.2, 0.25) is 5.02 Å². The molecular weight excluding hydrogens is 294 g/mol. The third kappa shape index (κ3) is 3.68. The second kappa shape index (κ2) is 6.51. The molecule has 0 aliphatic rings. The van der Waals surface area contributed by atoms with Crippen LogP contribution in [0.25, 0.3) is 0 Å². The van der Waals surface area contributed by atoms with Crippen molar-refractivity contribution in [3.63, 3.8) is 0 Å². The van der Waals surface area contributed by atoms with Gasteiger partial charge < -0.3 is 10.5 Å². The number of nitrogens with zero attached hydrogens (tertiary/aromatic N) is 2. The third-order valence-corrected chi connectivity index (χ3v) is 3.23. The Kier molecular flexibility index (Phi) is 4.72. The van der Waals surface area contributed by atoms with Gasteiger partial charge in [0.1, 0.15) is 11.5 Å². The second-order valence-electron chi connectivity index (χ2n) is 4.41. The number of hydrogen-bond acceptors (Lipinski definition) is 5. The van der Waals surface area contributed by atoms with Gasteiger partial charge in [-0.05, 0) is 24.6 Å². The number of halogens is 1. The lowest BCUT2D eigenvalue weighted by Crippen LogP contribution is -2.10. The van der Waals surface area contributed by atoms with E-state index in [0.29, 0.717) is 11.5 Å². The van der Waals surface area contributed by atoms with E-state index in [1.54, 1.807) is 18.3 Å². The highest BCUT2D eigenvalue weighted by atomic mass is 35.5. The normalized spacial score (nSPS) is 12.0. The minimum absolute atomic E-state index is 0.0882. The van der Waals surface area contributed by atoms with E-state index in [1.807, 2.05) is 6.92 Å². The van der Waals surface area contributed by atoms with E-state index in [1.165, 1.54) is 18.2 Å². The summed E-state index contributed by atoms with van der Waals surface area (Å²) in [4.78, 5) is 14.3. The van der Waals surface area contributed by atoms with Crippen LogP contribution in [0.3, 0.4) is 0 Å². The molecule has 2 N–H and O–H groups in total. The van der Waals surface area contributed by atoms with E-state index >= 15 is 0 Å². The van der Waals surface area contributed by atoms with Gasteiger partial charge in [0.15, 0.2) is 0 Å². The van der Waals surface area contributed by atoms with Crippen LogP contribution in [0.15, 0.2) is 36.5 Å². The molecule has 1 atom stereocenters. The first-order valence-electron chi connectivity index (χ1n) is 6.34. The largest absolute Gasteiger partial charge is 0.454 e. The van der Waals surface area contributed by atoms with Crippen molar-refractivity contribution < 1.29 is 9.66 Å². The highest BCUT2D eigenvalue weighted by Gasteiger charge is 2.11. The van der Waals surface area contributed by atoms with E-state index in [2.05, 4.69) is 4.98 Å². The lowest BCUT2D eigenvalue weighted by molar-refractivity contribution is -0.384. The van der Waals surface area contributed by atoms with Gasteiger partial charge >= 0.3 is 0 Å². The molecule has 0 spiro atoms. The van der Waals surface area contributed by atoms with Gasteiger partial charge in [0.05, 0.1) is 21.8 Å². The highest BCUT2D eigenvalue weighted by Crippen LogP contribution is 2.32. The summed E-state index contributed by atoms with van der Waals surface area (Å²) < 4.78 is 5.55. The molecule has 1 aromatic carbocycles. The fraction of sp³-hybridized carbons (Fsp3) is 0.214. The predicted octanol–water partition coefficient (Wildman–Crippen LogP) is 3.85. The van der Waals surface area contributed by atoms with Crippen molar-refractivity contribution in [2.24, 2.45) is 5.73 Å². The van der Waals surface area contributed by atoms with Gasteiger partial charge in [0, 0.05) is 18.2 Å². The topological polar surface area (TPSA) is 91.3 Å². The van der Waals surface area contributed by atoms with Crippen LogP contribution in [0.4, 0.5) is 5.69 Å². The van der Waals surface area contributed by atoms with Gasteiger partial charge in [0.25, 0.3) is 5.69 Å². The Morgan fingerprint density at radius 1 is 1.43 bits per heavy atom. The molecule has 0 unspecified atom stereocenters. The van der Waals surface area contributed by atoms with Crippen molar-refractivity contribution in [3.05, 3.63) is 57.4 Å². The van der Waals surface area contributed by atoms with Crippen molar-refractivity contribution >= 4 is 17.3 Å². The number of aromatic nitrogens is 1. The zero-order chi connectivity index (χ0) is 15.4. The van der Waals surface area contributed by atoms with Gasteiger partial charge in [0.2, 0.25) is 0 Å². The predicted molar refractivity (Wildman–Crippen MR) is 79.6 cm³/mol. The summed E-state index contributed by atoms with van der Waals surface area (Å²) in [5, 5.41) is 10.8. The third-order valence-electron chi connectivity index (χ3n) is 2.93. The summed E-state index contributed by atoms with van der Waals surface area (Å²) in [6.07, 6.45) is 2.34. The van der Waals surface area contributed by atoms with Crippen molar-refractivity contribution in [3.8, 4) is 11.5 Å². The lowest BCUT2D eigenvalue weighted by atomic mass is 10.1. The van der Waals surface area contributed by atoms with E-state index < -0.39 is 4.92 Å². The average Bonchev–Trinajstić information content (AvgIpc) is 2.49. The summed E-state index contributed by atoms with van der Waals surface area (Å²) >= 11 is 5.96. The Bertz CT molecular complexity index is 646. The fourth-order valence-corrected chi connectivity index (χ4v) is 1.91. The Hall–Kier alpha value is -2.18. The molecule has 2 rings (SSSR count). The van der Waals surface area contributed by atoms with Crippen LogP contribution in [0.5, 0.6) is 11.5 Å². The second-order valence-corrected chi connectivity index (χ2v) is 4.81. The Morgan fingerprint density at radius 3 is 2.71 bits per heavy atom. The van der Waals surface area contributed by atoms with Gasteiger partial charge in [-0.15, -0.1) is 0 Å². The van der Waals surface area contributed by atoms with Crippen molar-refractivity contribution in [2.45, 2.75) is 19.4 Å². The minimum atomic E-state index is -0.516. The molecular formula is C14H14ClN3O3. The zero-order valence-corrected chi connectivity index (χ0v) is 12.1. The van der Waals surface area contributed by atoms with Gasteiger partial charge in [-0.1, -0.05) is 18.5 Å². The van der Waals surface area contributed by atoms with Gasteiger partial charge in [-0.3, -0.25) is 15.1 Å². The molecule has 0 saturated carbocycles. The summed E-state index contributed by atoms with van der Waals surface area (Å²) in [6.45, 7) is 1.98. The minimum Gasteiger partial charge on any atom is -0.454 e. The Morgan fingerprint density at radius 2 is 2.19 bits per heavy atom. The molecule has 0 radical (unpaired) electrons. The standard InChI is InChI=1S/C14H14ClN3O3/c1-2-12(16)13-5-4-10(8-17-13)21-14-6-3-9(18(19)20)7-11(14)15/h3-8,12H,2,16H2,1H3/t12-/m1/s1. The number of nitrogens with two attached hydrogens (primary N) is 1. The number of hydrogen-bond donors (Lipinski definition) is 1. The van der Waals surface area contributed by atoms with Crippen molar-refractivity contribution in [1.29, 1.82) is 0 Å². The van der Waals surface area contributed by atoms with Crippen LogP contribution in [0, 0.1) is 10.1 Å². The Balaban J connectivity index is 2.16. The zero-order valence-electron chi connectivity index (χ0n) is 11.3. The van der Waals surface area contributed by atoms with E-state index in [0.717, 1.165) is 12.1 Å². The molecule has 0 bridgehead atoms. The van der Waals surface area contributed by atoms with Gasteiger partial charge in [-0.25, -0.2) is 0 Å². The maximum absolute atomic E-state index is 10.6. The lowest BCUT2D eigenvalue weighted by Gasteiger charge is -2.10. The van der Waals surface area contributed by atoms with Crippen LogP contribution >= 0.6 is 11.6 Å². The molecule has 6 nitrogen and oxygen atoms in total. The van der Waals surface area contributed by atoms with Crippen LogP contribution in [0.1, 0.15) is 25.1 Å². The van der Waals surface area contributed by atoms with E-state index in [9.17, 15) is 10.1 Å². The molecule has 0 aliphatic carbocycles. The molecule has 7 heteroatoms. The fourth-order valence-electron chi connectivity index (χ4n) is 1.69. The molecule has 0 saturated heterocycles. The van der Waals surface area contributed by atoms with Crippen LogP contribution in [-0.2, 0) is 0 Å². The maximum Gasteiger partial charge on any atom is 0.271 e. The monoisotopic (exact) mass is 307 g/mol. The average molecular weight is 308 g/mol. The number of ether oxygens (including phenoxy) is 1. The van der Waals surface area contributed by atoms with Gasteiger partial charge in [-0.2, -0.15) is 0 Å². The van der Waals surface area contributed by atoms with E-state index in [4.69, 9.17) is 22.1 Å².